The zero-order valence-corrected chi connectivity index (χ0v) is 9.27. The van der Waals surface area contributed by atoms with Crippen molar-refractivity contribution in [2.75, 3.05) is 12.5 Å². The third-order valence-corrected chi connectivity index (χ3v) is 2.26. The molecule has 0 aromatic rings. The van der Waals surface area contributed by atoms with Crippen LogP contribution in [0.1, 0.15) is 39.5 Å². The van der Waals surface area contributed by atoms with E-state index in [0.717, 1.165) is 19.3 Å². The van der Waals surface area contributed by atoms with Crippen LogP contribution in [0.3, 0.4) is 0 Å². The number of hydrogen-bond acceptors (Lipinski definition) is 2. The molecule has 78 valence electrons. The van der Waals surface area contributed by atoms with Gasteiger partial charge in [-0.05, 0) is 18.8 Å². The smallest absolute Gasteiger partial charge is 0.305 e. The van der Waals surface area contributed by atoms with E-state index < -0.39 is 0 Å². The fourth-order valence-electron chi connectivity index (χ4n) is 0.789. The van der Waals surface area contributed by atoms with Gasteiger partial charge in [0, 0.05) is 12.3 Å². The molecule has 0 fully saturated rings. The fraction of sp³-hybridized carbons (Fsp3) is 0.900. The second kappa shape index (κ2) is 8.36. The largest absolute Gasteiger partial charge is 0.465 e. The van der Waals surface area contributed by atoms with E-state index in [4.69, 9.17) is 16.3 Å². The fourth-order valence-corrected chi connectivity index (χ4v) is 0.978. The van der Waals surface area contributed by atoms with Gasteiger partial charge < -0.3 is 4.74 Å². The molecule has 2 nitrogen and oxygen atoms in total. The lowest BCUT2D eigenvalue weighted by Crippen LogP contribution is -2.11. The van der Waals surface area contributed by atoms with Crippen LogP contribution in [0.4, 0.5) is 0 Å². The van der Waals surface area contributed by atoms with E-state index >= 15 is 0 Å². The van der Waals surface area contributed by atoms with Gasteiger partial charge in [-0.2, -0.15) is 0 Å². The summed E-state index contributed by atoms with van der Waals surface area (Å²) in [6.07, 6.45) is 3.28. The molecular weight excluding hydrogens is 188 g/mol. The van der Waals surface area contributed by atoms with Gasteiger partial charge in [0.1, 0.15) is 0 Å². The molecule has 0 N–H and O–H groups in total. The normalized spacial score (nSPS) is 12.5. The SMILES string of the molecule is CCC(C)COC(=O)CCCCCl. The molecule has 0 amide bonds. The molecular formula is C10H19ClO2. The summed E-state index contributed by atoms with van der Waals surface area (Å²) in [7, 11) is 0. The topological polar surface area (TPSA) is 26.3 Å². The van der Waals surface area contributed by atoms with E-state index in [2.05, 4.69) is 13.8 Å². The van der Waals surface area contributed by atoms with Crippen molar-refractivity contribution in [3.63, 3.8) is 0 Å². The summed E-state index contributed by atoms with van der Waals surface area (Å²) in [6, 6.07) is 0. The lowest BCUT2D eigenvalue weighted by Gasteiger charge is -2.08. The van der Waals surface area contributed by atoms with Crippen molar-refractivity contribution in [1.82, 2.24) is 0 Å². The minimum absolute atomic E-state index is 0.0922. The Morgan fingerprint density at radius 2 is 2.15 bits per heavy atom. The highest BCUT2D eigenvalue weighted by Gasteiger charge is 2.04. The van der Waals surface area contributed by atoms with Gasteiger partial charge in [0.25, 0.3) is 0 Å². The summed E-state index contributed by atoms with van der Waals surface area (Å²) in [5.41, 5.74) is 0. The minimum atomic E-state index is -0.0922. The van der Waals surface area contributed by atoms with Crippen molar-refractivity contribution in [3.05, 3.63) is 0 Å². The standard InChI is InChI=1S/C10H19ClO2/c1-3-9(2)8-13-10(12)6-4-5-7-11/h9H,3-8H2,1-2H3. The van der Waals surface area contributed by atoms with Crippen LogP contribution in [-0.4, -0.2) is 18.5 Å². The summed E-state index contributed by atoms with van der Waals surface area (Å²) in [5.74, 6) is 1.00. The van der Waals surface area contributed by atoms with E-state index in [0.29, 0.717) is 24.8 Å². The maximum Gasteiger partial charge on any atom is 0.305 e. The molecule has 0 bridgehead atoms. The number of unbranched alkanes of at least 4 members (excludes halogenated alkanes) is 1. The van der Waals surface area contributed by atoms with Gasteiger partial charge >= 0.3 is 5.97 Å². The first-order valence-corrected chi connectivity index (χ1v) is 5.45. The van der Waals surface area contributed by atoms with E-state index in [1.807, 2.05) is 0 Å². The van der Waals surface area contributed by atoms with E-state index in [9.17, 15) is 4.79 Å². The number of carbonyl (C=O) groups excluding carboxylic acids is 1. The second-order valence-electron chi connectivity index (χ2n) is 3.34. The molecule has 1 atom stereocenters. The van der Waals surface area contributed by atoms with Gasteiger partial charge in [0.15, 0.2) is 0 Å². The van der Waals surface area contributed by atoms with Crippen LogP contribution in [0.2, 0.25) is 0 Å². The van der Waals surface area contributed by atoms with Crippen molar-refractivity contribution in [2.45, 2.75) is 39.5 Å². The van der Waals surface area contributed by atoms with Crippen LogP contribution in [0.25, 0.3) is 0 Å². The van der Waals surface area contributed by atoms with Crippen LogP contribution >= 0.6 is 11.6 Å². The van der Waals surface area contributed by atoms with Crippen molar-refractivity contribution < 1.29 is 9.53 Å². The Labute approximate surface area is 85.6 Å². The van der Waals surface area contributed by atoms with Crippen LogP contribution < -0.4 is 0 Å². The van der Waals surface area contributed by atoms with Crippen LogP contribution in [0.15, 0.2) is 0 Å². The molecule has 13 heavy (non-hydrogen) atoms. The van der Waals surface area contributed by atoms with Crippen LogP contribution in [0, 0.1) is 5.92 Å². The number of rotatable bonds is 7. The first-order valence-electron chi connectivity index (χ1n) is 4.92. The summed E-state index contributed by atoms with van der Waals surface area (Å²) in [5, 5.41) is 0. The zero-order chi connectivity index (χ0) is 10.1. The summed E-state index contributed by atoms with van der Waals surface area (Å²) < 4.78 is 5.06. The van der Waals surface area contributed by atoms with Crippen molar-refractivity contribution >= 4 is 17.6 Å². The Morgan fingerprint density at radius 3 is 2.69 bits per heavy atom. The molecule has 0 aliphatic carbocycles. The molecule has 0 spiro atoms. The predicted octanol–water partition coefficient (Wildman–Crippen LogP) is 2.98. The molecule has 3 heteroatoms. The summed E-state index contributed by atoms with van der Waals surface area (Å²) in [6.45, 7) is 4.72. The second-order valence-corrected chi connectivity index (χ2v) is 3.72. The van der Waals surface area contributed by atoms with Crippen molar-refractivity contribution in [3.8, 4) is 0 Å². The van der Waals surface area contributed by atoms with Gasteiger partial charge in [-0.25, -0.2) is 0 Å². The molecule has 0 saturated heterocycles. The van der Waals surface area contributed by atoms with E-state index in [1.165, 1.54) is 0 Å². The molecule has 0 heterocycles. The molecule has 0 aliphatic heterocycles. The summed E-state index contributed by atoms with van der Waals surface area (Å²) in [4.78, 5) is 11.1. The monoisotopic (exact) mass is 206 g/mol. The third kappa shape index (κ3) is 8.10. The number of alkyl halides is 1. The maximum atomic E-state index is 11.1. The molecule has 1 unspecified atom stereocenters. The molecule has 0 aromatic carbocycles. The third-order valence-electron chi connectivity index (χ3n) is 1.99. The average molecular weight is 207 g/mol. The molecule has 0 aromatic heterocycles. The Morgan fingerprint density at radius 1 is 1.46 bits per heavy atom. The maximum absolute atomic E-state index is 11.1. The average Bonchev–Trinajstić information content (AvgIpc) is 2.14. The highest BCUT2D eigenvalue weighted by Crippen LogP contribution is 2.04. The minimum Gasteiger partial charge on any atom is -0.465 e. The summed E-state index contributed by atoms with van der Waals surface area (Å²) >= 11 is 5.48. The van der Waals surface area contributed by atoms with E-state index in [1.54, 1.807) is 0 Å². The number of hydrogen-bond donors (Lipinski definition) is 0. The predicted molar refractivity (Wildman–Crippen MR) is 55.0 cm³/mol. The Bertz CT molecular complexity index is 137. The van der Waals surface area contributed by atoms with Crippen LogP contribution in [-0.2, 0) is 9.53 Å². The molecule has 0 radical (unpaired) electrons. The Kier molecular flexibility index (Phi) is 8.21. The first kappa shape index (κ1) is 12.8. The molecule has 0 aliphatic rings. The van der Waals surface area contributed by atoms with Gasteiger partial charge in [-0.3, -0.25) is 4.79 Å². The van der Waals surface area contributed by atoms with Crippen LogP contribution in [0.5, 0.6) is 0 Å². The van der Waals surface area contributed by atoms with E-state index in [-0.39, 0.29) is 5.97 Å². The quantitative estimate of drug-likeness (QED) is 0.364. The molecule has 0 saturated carbocycles. The van der Waals surface area contributed by atoms with Crippen molar-refractivity contribution in [2.24, 2.45) is 5.92 Å². The number of esters is 1. The lowest BCUT2D eigenvalue weighted by atomic mass is 10.1. The molecule has 0 rings (SSSR count). The Hall–Kier alpha value is -0.240. The first-order chi connectivity index (χ1) is 6.20. The van der Waals surface area contributed by atoms with Gasteiger partial charge in [-0.1, -0.05) is 20.3 Å². The van der Waals surface area contributed by atoms with Gasteiger partial charge in [0.05, 0.1) is 6.61 Å². The highest BCUT2D eigenvalue weighted by atomic mass is 35.5. The lowest BCUT2D eigenvalue weighted by molar-refractivity contribution is -0.145. The highest BCUT2D eigenvalue weighted by molar-refractivity contribution is 6.17. The van der Waals surface area contributed by atoms with Crippen molar-refractivity contribution in [1.29, 1.82) is 0 Å². The number of carbonyl (C=O) groups is 1. The van der Waals surface area contributed by atoms with Gasteiger partial charge in [0.2, 0.25) is 0 Å². The Balaban J connectivity index is 3.30. The van der Waals surface area contributed by atoms with Gasteiger partial charge in [-0.15, -0.1) is 11.6 Å². The number of halogens is 1. The zero-order valence-electron chi connectivity index (χ0n) is 8.51. The number of ether oxygens (including phenoxy) is 1.